The lowest BCUT2D eigenvalue weighted by Crippen LogP contribution is -2.25. The molecule has 226 valence electrons. The Morgan fingerprint density at radius 2 is 0.727 bits per heavy atom. The fourth-order valence-electron chi connectivity index (χ4n) is 6.54. The van der Waals surface area contributed by atoms with Crippen molar-refractivity contribution in [2.45, 2.75) is 104 Å². The van der Waals surface area contributed by atoms with Crippen LogP contribution in [-0.2, 0) is 13.1 Å². The molecular formula is C36H38N4O4. The van der Waals surface area contributed by atoms with E-state index in [4.69, 9.17) is 0 Å². The number of rotatable bonds is 14. The molecule has 0 saturated heterocycles. The Balaban J connectivity index is 1.62. The van der Waals surface area contributed by atoms with Crippen molar-refractivity contribution in [1.29, 1.82) is 10.5 Å². The van der Waals surface area contributed by atoms with E-state index in [1.54, 1.807) is 0 Å². The maximum Gasteiger partial charge on any atom is 0.261 e. The van der Waals surface area contributed by atoms with Crippen molar-refractivity contribution in [2.24, 2.45) is 0 Å². The number of unbranched alkanes of at least 4 members (excludes halogenated alkanes) is 10. The monoisotopic (exact) mass is 590 g/mol. The lowest BCUT2D eigenvalue weighted by atomic mass is 9.90. The van der Waals surface area contributed by atoms with Crippen LogP contribution < -0.4 is 22.2 Å². The number of benzene rings is 3. The molecule has 0 atom stereocenters. The number of nitrogens with zero attached hydrogens (tertiary/aromatic N) is 4. The third-order valence-corrected chi connectivity index (χ3v) is 8.99. The molecule has 0 saturated carbocycles. The summed E-state index contributed by atoms with van der Waals surface area (Å²) >= 11 is 0. The van der Waals surface area contributed by atoms with E-state index in [0.717, 1.165) is 64.2 Å². The summed E-state index contributed by atoms with van der Waals surface area (Å²) in [5, 5.41) is 22.9. The lowest BCUT2D eigenvalue weighted by Gasteiger charge is -2.09. The molecule has 3 aromatic carbocycles. The zero-order valence-electron chi connectivity index (χ0n) is 25.6. The molecule has 0 spiro atoms. The Morgan fingerprint density at radius 3 is 1.00 bits per heavy atom. The first kappa shape index (κ1) is 30.9. The lowest BCUT2D eigenvalue weighted by molar-refractivity contribution is 0.547. The number of fused-ring (bicyclic) bond motifs is 4. The average Bonchev–Trinajstić information content (AvgIpc) is 3.40. The maximum absolute atomic E-state index is 13.3. The summed E-state index contributed by atoms with van der Waals surface area (Å²) in [6, 6.07) is 10.6. The first-order chi connectivity index (χ1) is 21.4. The highest BCUT2D eigenvalue weighted by Crippen LogP contribution is 2.35. The van der Waals surface area contributed by atoms with Crippen LogP contribution in [0.1, 0.15) is 102 Å². The Labute approximate surface area is 255 Å². The molecule has 0 fully saturated rings. The van der Waals surface area contributed by atoms with Crippen LogP contribution in [-0.4, -0.2) is 9.13 Å². The van der Waals surface area contributed by atoms with E-state index in [2.05, 4.69) is 26.0 Å². The van der Waals surface area contributed by atoms with Crippen molar-refractivity contribution < 1.29 is 0 Å². The van der Waals surface area contributed by atoms with E-state index >= 15 is 0 Å². The Bertz CT molecular complexity index is 1890. The molecule has 0 N–H and O–H groups in total. The maximum atomic E-state index is 13.3. The van der Waals surface area contributed by atoms with Crippen LogP contribution in [0.25, 0.3) is 43.1 Å². The van der Waals surface area contributed by atoms with E-state index in [-0.39, 0.29) is 32.7 Å². The van der Waals surface area contributed by atoms with Gasteiger partial charge in [-0.15, -0.1) is 0 Å². The molecule has 0 radical (unpaired) electrons. The van der Waals surface area contributed by atoms with Gasteiger partial charge in [0.05, 0.1) is 32.7 Å². The van der Waals surface area contributed by atoms with Crippen molar-refractivity contribution in [2.75, 3.05) is 0 Å². The minimum atomic E-state index is -0.400. The molecule has 5 rings (SSSR count). The zero-order chi connectivity index (χ0) is 31.4. The fourth-order valence-corrected chi connectivity index (χ4v) is 6.54. The molecule has 0 amide bonds. The largest absolute Gasteiger partial charge is 0.274 e. The summed E-state index contributed by atoms with van der Waals surface area (Å²) in [5.74, 6) is 0. The molecule has 2 heterocycles. The predicted molar refractivity (Wildman–Crippen MR) is 176 cm³/mol. The summed E-state index contributed by atoms with van der Waals surface area (Å²) < 4.78 is 2.51. The number of hydrogen-bond acceptors (Lipinski definition) is 6. The minimum Gasteiger partial charge on any atom is -0.274 e. The van der Waals surface area contributed by atoms with E-state index in [9.17, 15) is 29.7 Å². The number of nitriles is 2. The predicted octanol–water partition coefficient (Wildman–Crippen LogP) is 6.68. The Morgan fingerprint density at radius 1 is 0.455 bits per heavy atom. The highest BCUT2D eigenvalue weighted by molar-refractivity contribution is 6.15. The molecule has 0 bridgehead atoms. The fraction of sp³-hybridized carbons (Fsp3) is 0.444. The molecule has 0 aliphatic rings. The van der Waals surface area contributed by atoms with Crippen molar-refractivity contribution in [3.8, 4) is 12.1 Å². The topological polar surface area (TPSA) is 126 Å². The van der Waals surface area contributed by atoms with Crippen LogP contribution in [0.4, 0.5) is 0 Å². The minimum absolute atomic E-state index is 0.198. The van der Waals surface area contributed by atoms with Gasteiger partial charge in [0.2, 0.25) is 0 Å². The van der Waals surface area contributed by atoms with Gasteiger partial charge in [-0.05, 0) is 37.1 Å². The Hall–Kier alpha value is -4.56. The van der Waals surface area contributed by atoms with Crippen LogP contribution in [0.15, 0.2) is 43.4 Å². The zero-order valence-corrected chi connectivity index (χ0v) is 25.6. The van der Waals surface area contributed by atoms with Gasteiger partial charge in [0.15, 0.2) is 0 Å². The van der Waals surface area contributed by atoms with E-state index < -0.39 is 22.2 Å². The highest BCUT2D eigenvalue weighted by Gasteiger charge is 2.22. The molecule has 8 nitrogen and oxygen atoms in total. The molecule has 0 aliphatic carbocycles. The number of aromatic nitrogens is 2. The van der Waals surface area contributed by atoms with Crippen molar-refractivity contribution >= 4 is 43.1 Å². The summed E-state index contributed by atoms with van der Waals surface area (Å²) in [4.78, 5) is 53.3. The molecule has 0 aliphatic heterocycles. The average molecular weight is 591 g/mol. The first-order valence-corrected chi connectivity index (χ1v) is 16.0. The van der Waals surface area contributed by atoms with Gasteiger partial charge in [0, 0.05) is 34.6 Å². The van der Waals surface area contributed by atoms with Crippen LogP contribution in [0.2, 0.25) is 0 Å². The van der Waals surface area contributed by atoms with Gasteiger partial charge < -0.3 is 0 Å². The quantitative estimate of drug-likeness (QED) is 0.105. The van der Waals surface area contributed by atoms with Crippen LogP contribution in [0.3, 0.4) is 0 Å². The smallest absolute Gasteiger partial charge is 0.261 e. The van der Waals surface area contributed by atoms with E-state index in [0.29, 0.717) is 34.6 Å². The summed E-state index contributed by atoms with van der Waals surface area (Å²) in [6.07, 6.45) is 12.3. The Kier molecular flexibility index (Phi) is 9.40. The van der Waals surface area contributed by atoms with Gasteiger partial charge in [-0.3, -0.25) is 28.3 Å². The second kappa shape index (κ2) is 13.4. The normalized spacial score (nSPS) is 11.6. The van der Waals surface area contributed by atoms with Gasteiger partial charge in [-0.1, -0.05) is 78.1 Å². The summed E-state index contributed by atoms with van der Waals surface area (Å²) in [6.45, 7) is 4.94. The first-order valence-electron chi connectivity index (χ1n) is 16.0. The van der Waals surface area contributed by atoms with Gasteiger partial charge in [-0.2, -0.15) is 10.5 Å². The van der Waals surface area contributed by atoms with Crippen molar-refractivity contribution in [3.63, 3.8) is 0 Å². The SMILES string of the molecule is CCCCCCCCn1c(=O)c2cc3c(C#N)c4cc5c(=O)n(CCCCCCCC)c(=O)c5cc4c(C#N)c3cc2c1=O. The molecular weight excluding hydrogens is 552 g/mol. The van der Waals surface area contributed by atoms with E-state index in [1.165, 1.54) is 46.2 Å². The highest BCUT2D eigenvalue weighted by atomic mass is 16.2. The van der Waals surface area contributed by atoms with Crippen molar-refractivity contribution in [1.82, 2.24) is 9.13 Å². The van der Waals surface area contributed by atoms with Crippen LogP contribution in [0, 0.1) is 22.7 Å². The molecule has 5 aromatic rings. The molecule has 44 heavy (non-hydrogen) atoms. The summed E-state index contributed by atoms with van der Waals surface area (Å²) in [5.41, 5.74) is -1.20. The second-order valence-electron chi connectivity index (χ2n) is 11.9. The molecule has 8 heteroatoms. The summed E-state index contributed by atoms with van der Waals surface area (Å²) in [7, 11) is 0. The third-order valence-electron chi connectivity index (χ3n) is 8.99. The van der Waals surface area contributed by atoms with Gasteiger partial charge in [-0.25, -0.2) is 0 Å². The van der Waals surface area contributed by atoms with Crippen LogP contribution in [0.5, 0.6) is 0 Å². The van der Waals surface area contributed by atoms with Gasteiger partial charge in [0.1, 0.15) is 12.1 Å². The third kappa shape index (κ3) is 5.46. The number of hydrogen-bond donors (Lipinski definition) is 0. The van der Waals surface area contributed by atoms with Crippen LogP contribution >= 0.6 is 0 Å². The second-order valence-corrected chi connectivity index (χ2v) is 11.9. The van der Waals surface area contributed by atoms with E-state index in [1.807, 2.05) is 0 Å². The van der Waals surface area contributed by atoms with Gasteiger partial charge in [0.25, 0.3) is 22.2 Å². The molecule has 0 unspecified atom stereocenters. The molecule has 2 aromatic heterocycles. The standard InChI is InChI=1S/C36H38N4O4/c1-3-5-7-9-11-13-15-39-33(41)27-17-23-24(18-28(27)34(39)42)32(22-38)26-20-30-29(19-25(26)31(23)21-37)35(43)40(36(30)44)16-14-12-10-8-6-4-2/h17-20H,3-16H2,1-2H3. The van der Waals surface area contributed by atoms with Gasteiger partial charge >= 0.3 is 0 Å². The van der Waals surface area contributed by atoms with Crippen molar-refractivity contribution in [3.05, 3.63) is 76.8 Å².